The van der Waals surface area contributed by atoms with Crippen LogP contribution < -0.4 is 5.69 Å². The van der Waals surface area contributed by atoms with Gasteiger partial charge in [0.1, 0.15) is 5.82 Å². The Morgan fingerprint density at radius 3 is 2.54 bits per heavy atom. The first-order valence-electron chi connectivity index (χ1n) is 9.86. The van der Waals surface area contributed by atoms with E-state index in [1.807, 2.05) is 39.8 Å². The van der Waals surface area contributed by atoms with Gasteiger partial charge in [0, 0.05) is 25.0 Å². The fraction of sp³-hybridized carbons (Fsp3) is 0.364. The fourth-order valence-corrected chi connectivity index (χ4v) is 4.60. The number of halogens is 1. The van der Waals surface area contributed by atoms with Gasteiger partial charge in [-0.15, -0.1) is 0 Å². The molecule has 0 radical (unpaired) electrons. The minimum absolute atomic E-state index is 0.00246. The number of imidazole rings is 1. The molecule has 2 aromatic carbocycles. The lowest BCUT2D eigenvalue weighted by molar-refractivity contribution is -0.134. The largest absolute Gasteiger partial charge is 0.342 e. The van der Waals surface area contributed by atoms with Crippen molar-refractivity contribution in [3.63, 3.8) is 0 Å². The summed E-state index contributed by atoms with van der Waals surface area (Å²) in [6, 6.07) is 14.5. The van der Waals surface area contributed by atoms with Crippen LogP contribution in [-0.4, -0.2) is 33.4 Å². The maximum Gasteiger partial charge on any atom is 0.326 e. The van der Waals surface area contributed by atoms with E-state index in [4.69, 9.17) is 0 Å². The highest BCUT2D eigenvalue weighted by atomic mass is 19.1. The zero-order valence-corrected chi connectivity index (χ0v) is 15.5. The van der Waals surface area contributed by atoms with Gasteiger partial charge in [-0.1, -0.05) is 30.3 Å². The van der Waals surface area contributed by atoms with Crippen molar-refractivity contribution >= 4 is 16.9 Å². The molecule has 5 rings (SSSR count). The number of nitrogens with zero attached hydrogens (tertiary/aromatic N) is 2. The number of amides is 1. The summed E-state index contributed by atoms with van der Waals surface area (Å²) in [6.07, 6.45) is 2.23. The van der Waals surface area contributed by atoms with Gasteiger partial charge in [-0.25, -0.2) is 9.18 Å². The molecule has 1 amide bonds. The van der Waals surface area contributed by atoms with Gasteiger partial charge in [0.15, 0.2) is 0 Å². The molecule has 1 N–H and O–H groups in total. The van der Waals surface area contributed by atoms with Crippen LogP contribution in [0.2, 0.25) is 0 Å². The normalized spacial score (nSPS) is 22.5. The van der Waals surface area contributed by atoms with Crippen LogP contribution in [0.25, 0.3) is 11.0 Å². The van der Waals surface area contributed by atoms with Crippen molar-refractivity contribution in [1.82, 2.24) is 14.5 Å². The summed E-state index contributed by atoms with van der Waals surface area (Å²) in [6.45, 7) is 1.27. The first-order chi connectivity index (χ1) is 13.6. The van der Waals surface area contributed by atoms with Crippen molar-refractivity contribution in [1.29, 1.82) is 0 Å². The average molecular weight is 379 g/mol. The number of hydrogen-bond donors (Lipinski definition) is 1. The molecule has 1 aliphatic carbocycles. The minimum atomic E-state index is -0.222. The summed E-state index contributed by atoms with van der Waals surface area (Å²) < 4.78 is 15.8. The molecule has 2 atom stereocenters. The number of likely N-dealkylation sites (tertiary alicyclic amines) is 1. The second-order valence-electron chi connectivity index (χ2n) is 7.84. The summed E-state index contributed by atoms with van der Waals surface area (Å²) in [5.41, 5.74) is 2.32. The molecule has 1 saturated carbocycles. The Morgan fingerprint density at radius 2 is 1.75 bits per heavy atom. The number of piperidine rings is 1. The molecule has 6 heteroatoms. The van der Waals surface area contributed by atoms with Gasteiger partial charge in [-0.05, 0) is 48.9 Å². The Hall–Kier alpha value is -2.89. The van der Waals surface area contributed by atoms with Crippen molar-refractivity contribution in [2.45, 2.75) is 31.2 Å². The summed E-state index contributed by atoms with van der Waals surface area (Å²) in [7, 11) is 0. The van der Waals surface area contributed by atoms with Crippen LogP contribution in [0, 0.1) is 11.7 Å². The Labute approximate surface area is 161 Å². The quantitative estimate of drug-likeness (QED) is 0.758. The van der Waals surface area contributed by atoms with Crippen LogP contribution in [0.3, 0.4) is 0 Å². The zero-order valence-electron chi connectivity index (χ0n) is 15.5. The van der Waals surface area contributed by atoms with E-state index < -0.39 is 0 Å². The topological polar surface area (TPSA) is 58.1 Å². The number of nitrogens with one attached hydrogen (secondary N) is 1. The van der Waals surface area contributed by atoms with E-state index in [1.165, 1.54) is 6.07 Å². The highest BCUT2D eigenvalue weighted by Gasteiger charge is 2.47. The number of carbonyl (C=O) groups excluding carboxylic acids is 1. The number of rotatable bonds is 3. The van der Waals surface area contributed by atoms with Crippen LogP contribution >= 0.6 is 0 Å². The maximum atomic E-state index is 14.0. The number of benzene rings is 2. The summed E-state index contributed by atoms with van der Waals surface area (Å²) in [5.74, 6) is -0.204. The zero-order chi connectivity index (χ0) is 19.3. The Morgan fingerprint density at radius 1 is 1.04 bits per heavy atom. The molecular weight excluding hydrogens is 357 g/mol. The van der Waals surface area contributed by atoms with E-state index in [1.54, 1.807) is 12.1 Å². The maximum absolute atomic E-state index is 14.0. The molecule has 0 bridgehead atoms. The number of H-pyrrole nitrogens is 1. The van der Waals surface area contributed by atoms with Crippen molar-refractivity contribution in [2.75, 3.05) is 13.1 Å². The van der Waals surface area contributed by atoms with Crippen LogP contribution in [0.4, 0.5) is 4.39 Å². The van der Waals surface area contributed by atoms with Gasteiger partial charge in [0.05, 0.1) is 11.0 Å². The number of para-hydroxylation sites is 2. The monoisotopic (exact) mass is 379 g/mol. The first kappa shape index (κ1) is 17.2. The molecular formula is C22H22FN3O2. The van der Waals surface area contributed by atoms with Crippen LogP contribution in [0.1, 0.15) is 36.8 Å². The lowest BCUT2D eigenvalue weighted by Crippen LogP contribution is -2.41. The van der Waals surface area contributed by atoms with E-state index in [2.05, 4.69) is 4.98 Å². The predicted octanol–water partition coefficient (Wildman–Crippen LogP) is 3.44. The summed E-state index contributed by atoms with van der Waals surface area (Å²) in [4.78, 5) is 30.0. The molecule has 2 aliphatic rings. The SMILES string of the molecule is O=C([C@H]1C[C@@H]1c1ccccc1F)N1CCC(n2c(=O)[nH]c3ccccc32)CC1. The molecule has 0 spiro atoms. The average Bonchev–Trinajstić information content (AvgIpc) is 3.43. The van der Waals surface area contributed by atoms with Crippen LogP contribution in [0.15, 0.2) is 53.3 Å². The third-order valence-electron chi connectivity index (χ3n) is 6.18. The third-order valence-corrected chi connectivity index (χ3v) is 6.18. The molecule has 2 heterocycles. The van der Waals surface area contributed by atoms with Crippen LogP contribution in [-0.2, 0) is 4.79 Å². The van der Waals surface area contributed by atoms with Gasteiger partial charge in [0.25, 0.3) is 0 Å². The van der Waals surface area contributed by atoms with Gasteiger partial charge in [-0.3, -0.25) is 9.36 Å². The van der Waals surface area contributed by atoms with Gasteiger partial charge in [0.2, 0.25) is 5.91 Å². The van der Waals surface area contributed by atoms with E-state index >= 15 is 0 Å². The number of carbonyl (C=O) groups is 1. The van der Waals surface area contributed by atoms with Crippen LogP contribution in [0.5, 0.6) is 0 Å². The molecule has 3 aromatic rings. The smallest absolute Gasteiger partial charge is 0.326 e. The lowest BCUT2D eigenvalue weighted by Gasteiger charge is -2.32. The standard InChI is InChI=1S/C22H22FN3O2/c23-18-6-2-1-5-15(18)16-13-17(16)21(27)25-11-9-14(10-12-25)26-20-8-4-3-7-19(20)24-22(26)28/h1-8,14,16-17H,9-13H2,(H,24,28)/t16-,17+/m1/s1. The Bertz CT molecular complexity index is 1090. The van der Waals surface area contributed by atoms with Gasteiger partial charge in [-0.2, -0.15) is 0 Å². The summed E-state index contributed by atoms with van der Waals surface area (Å²) >= 11 is 0. The Balaban J connectivity index is 1.26. The highest BCUT2D eigenvalue weighted by Crippen LogP contribution is 2.49. The van der Waals surface area contributed by atoms with E-state index in [-0.39, 0.29) is 35.3 Å². The predicted molar refractivity (Wildman–Crippen MR) is 105 cm³/mol. The molecule has 144 valence electrons. The number of aromatic nitrogens is 2. The molecule has 1 aromatic heterocycles. The first-order valence-corrected chi connectivity index (χ1v) is 9.86. The Kier molecular flexibility index (Phi) is 4.07. The second-order valence-corrected chi connectivity index (χ2v) is 7.84. The second kappa shape index (κ2) is 6.62. The fourth-order valence-electron chi connectivity index (χ4n) is 4.60. The minimum Gasteiger partial charge on any atom is -0.342 e. The van der Waals surface area contributed by atoms with Crippen molar-refractivity contribution in [3.05, 3.63) is 70.4 Å². The van der Waals surface area contributed by atoms with E-state index in [0.717, 1.165) is 30.3 Å². The van der Waals surface area contributed by atoms with E-state index in [9.17, 15) is 14.0 Å². The number of aromatic amines is 1. The molecule has 1 aliphatic heterocycles. The van der Waals surface area contributed by atoms with Gasteiger partial charge < -0.3 is 9.88 Å². The number of hydrogen-bond acceptors (Lipinski definition) is 2. The lowest BCUT2D eigenvalue weighted by atomic mass is 10.0. The molecule has 2 fully saturated rings. The van der Waals surface area contributed by atoms with Gasteiger partial charge >= 0.3 is 5.69 Å². The third kappa shape index (κ3) is 2.84. The van der Waals surface area contributed by atoms with Crippen molar-refractivity contribution in [3.8, 4) is 0 Å². The number of fused-ring (bicyclic) bond motifs is 1. The van der Waals surface area contributed by atoms with Crippen molar-refractivity contribution < 1.29 is 9.18 Å². The highest BCUT2D eigenvalue weighted by molar-refractivity contribution is 5.83. The molecule has 0 unspecified atom stereocenters. The summed E-state index contributed by atoms with van der Waals surface area (Å²) in [5, 5.41) is 0. The van der Waals surface area contributed by atoms with Crippen molar-refractivity contribution in [2.24, 2.45) is 5.92 Å². The molecule has 1 saturated heterocycles. The molecule has 5 nitrogen and oxygen atoms in total. The molecule has 28 heavy (non-hydrogen) atoms. The van der Waals surface area contributed by atoms with E-state index in [0.29, 0.717) is 18.7 Å².